The third-order valence-corrected chi connectivity index (χ3v) is 4.06. The first-order valence-electron chi connectivity index (χ1n) is 7.39. The van der Waals surface area contributed by atoms with Crippen LogP contribution in [0.2, 0.25) is 0 Å². The summed E-state index contributed by atoms with van der Waals surface area (Å²) in [5, 5.41) is 0. The van der Waals surface area contributed by atoms with Gasteiger partial charge in [-0.05, 0) is 31.4 Å². The van der Waals surface area contributed by atoms with E-state index in [0.29, 0.717) is 6.54 Å². The number of benzene rings is 1. The second-order valence-electron chi connectivity index (χ2n) is 5.39. The van der Waals surface area contributed by atoms with E-state index in [1.807, 2.05) is 12.1 Å². The van der Waals surface area contributed by atoms with Gasteiger partial charge in [0.1, 0.15) is 11.5 Å². The van der Waals surface area contributed by atoms with Gasteiger partial charge in [-0.15, -0.1) is 0 Å². The number of hydrogen-bond donors (Lipinski definition) is 1. The molecule has 0 aliphatic heterocycles. The zero-order valence-corrected chi connectivity index (χ0v) is 12.8. The van der Waals surface area contributed by atoms with E-state index in [0.717, 1.165) is 36.1 Å². The zero-order valence-electron chi connectivity index (χ0n) is 12.8. The maximum atomic E-state index is 6.04. The Kier molecular flexibility index (Phi) is 5.26. The molecule has 20 heavy (non-hydrogen) atoms. The topological polar surface area (TPSA) is 47.7 Å². The summed E-state index contributed by atoms with van der Waals surface area (Å²) in [6, 6.07) is 6.19. The van der Waals surface area contributed by atoms with Gasteiger partial charge in [0.05, 0.1) is 20.3 Å². The monoisotopic (exact) mass is 278 g/mol. The van der Waals surface area contributed by atoms with Gasteiger partial charge in [-0.2, -0.15) is 0 Å². The second kappa shape index (κ2) is 6.95. The Morgan fingerprint density at radius 3 is 2.55 bits per heavy atom. The van der Waals surface area contributed by atoms with Crippen molar-refractivity contribution in [1.29, 1.82) is 0 Å². The third-order valence-electron chi connectivity index (χ3n) is 4.06. The number of ether oxygens (including phenoxy) is 2. The number of nitrogens with two attached hydrogens (primary N) is 1. The van der Waals surface area contributed by atoms with Crippen LogP contribution in [0.4, 0.5) is 0 Å². The van der Waals surface area contributed by atoms with Crippen LogP contribution < -0.4 is 15.2 Å². The van der Waals surface area contributed by atoms with E-state index in [2.05, 4.69) is 17.9 Å². The van der Waals surface area contributed by atoms with E-state index >= 15 is 0 Å². The maximum Gasteiger partial charge on any atom is 0.127 e. The van der Waals surface area contributed by atoms with Crippen LogP contribution in [0, 0.1) is 5.92 Å². The molecule has 2 rings (SSSR count). The highest BCUT2D eigenvalue weighted by Crippen LogP contribution is 2.36. The predicted molar refractivity (Wildman–Crippen MR) is 81.3 cm³/mol. The number of methoxy groups -OCH3 is 2. The average molecular weight is 278 g/mol. The fraction of sp³-hybridized carbons (Fsp3) is 0.625. The van der Waals surface area contributed by atoms with Crippen molar-refractivity contribution in [3.05, 3.63) is 23.8 Å². The minimum atomic E-state index is 0.210. The van der Waals surface area contributed by atoms with Gasteiger partial charge in [0.25, 0.3) is 0 Å². The molecule has 4 nitrogen and oxygen atoms in total. The first-order chi connectivity index (χ1) is 9.73. The smallest absolute Gasteiger partial charge is 0.127 e. The predicted octanol–water partition coefficient (Wildman–Crippen LogP) is 2.44. The number of hydrogen-bond acceptors (Lipinski definition) is 4. The lowest BCUT2D eigenvalue weighted by molar-refractivity contribution is 0.199. The summed E-state index contributed by atoms with van der Waals surface area (Å²) in [5.41, 5.74) is 7.19. The van der Waals surface area contributed by atoms with Crippen LogP contribution in [-0.2, 0) is 0 Å². The van der Waals surface area contributed by atoms with Crippen molar-refractivity contribution in [3.8, 4) is 11.5 Å². The first-order valence-corrected chi connectivity index (χ1v) is 7.39. The van der Waals surface area contributed by atoms with Gasteiger partial charge >= 0.3 is 0 Å². The zero-order chi connectivity index (χ0) is 14.5. The molecule has 1 aliphatic carbocycles. The molecule has 4 heteroatoms. The molecule has 0 radical (unpaired) electrons. The molecule has 1 saturated carbocycles. The Hall–Kier alpha value is -1.26. The van der Waals surface area contributed by atoms with Gasteiger partial charge in [0.15, 0.2) is 0 Å². The lowest BCUT2D eigenvalue weighted by Gasteiger charge is -2.31. The Labute approximate surface area is 121 Å². The van der Waals surface area contributed by atoms with Crippen molar-refractivity contribution in [3.63, 3.8) is 0 Å². The molecule has 0 amide bonds. The molecule has 1 aromatic rings. The largest absolute Gasteiger partial charge is 0.497 e. The molecular formula is C16H26N2O2. The molecule has 1 atom stereocenters. The van der Waals surface area contributed by atoms with Gasteiger partial charge in [0.2, 0.25) is 0 Å². The van der Waals surface area contributed by atoms with Crippen molar-refractivity contribution in [1.82, 2.24) is 4.90 Å². The molecule has 1 fully saturated rings. The van der Waals surface area contributed by atoms with Crippen LogP contribution in [0.25, 0.3) is 0 Å². The fourth-order valence-corrected chi connectivity index (χ4v) is 2.68. The minimum Gasteiger partial charge on any atom is -0.497 e. The summed E-state index contributed by atoms with van der Waals surface area (Å²) in [6.07, 6.45) is 2.71. The van der Waals surface area contributed by atoms with E-state index in [4.69, 9.17) is 15.2 Å². The third kappa shape index (κ3) is 3.44. The molecule has 0 aromatic heterocycles. The lowest BCUT2D eigenvalue weighted by atomic mass is 10.0. The van der Waals surface area contributed by atoms with Gasteiger partial charge in [-0.25, -0.2) is 0 Å². The summed E-state index contributed by atoms with van der Waals surface area (Å²) in [4.78, 5) is 2.46. The van der Waals surface area contributed by atoms with E-state index in [9.17, 15) is 0 Å². The highest BCUT2D eigenvalue weighted by atomic mass is 16.5. The second-order valence-corrected chi connectivity index (χ2v) is 5.39. The Balaban J connectivity index is 2.24. The van der Waals surface area contributed by atoms with Gasteiger partial charge in [-0.3, -0.25) is 4.90 Å². The van der Waals surface area contributed by atoms with E-state index in [1.165, 1.54) is 12.8 Å². The standard InChI is InChI=1S/C16H26N2O2/c1-4-18(11-12-5-6-12)15(10-17)14-8-7-13(19-2)9-16(14)20-3/h7-9,12,15H,4-6,10-11,17H2,1-3H3. The summed E-state index contributed by atoms with van der Waals surface area (Å²) < 4.78 is 10.8. The van der Waals surface area contributed by atoms with Crippen molar-refractivity contribution in [2.45, 2.75) is 25.8 Å². The summed E-state index contributed by atoms with van der Waals surface area (Å²) >= 11 is 0. The average Bonchev–Trinajstić information content (AvgIpc) is 3.31. The Morgan fingerprint density at radius 1 is 1.30 bits per heavy atom. The van der Waals surface area contributed by atoms with Crippen molar-refractivity contribution < 1.29 is 9.47 Å². The summed E-state index contributed by atoms with van der Waals surface area (Å²) in [7, 11) is 3.36. The van der Waals surface area contributed by atoms with Gasteiger partial charge < -0.3 is 15.2 Å². The Morgan fingerprint density at radius 2 is 2.05 bits per heavy atom. The number of likely N-dealkylation sites (N-methyl/N-ethyl adjacent to an activating group) is 1. The van der Waals surface area contributed by atoms with Crippen LogP contribution in [0.3, 0.4) is 0 Å². The number of rotatable bonds is 8. The maximum absolute atomic E-state index is 6.04. The van der Waals surface area contributed by atoms with Crippen LogP contribution >= 0.6 is 0 Å². The summed E-state index contributed by atoms with van der Waals surface area (Å²) in [6.45, 7) is 4.94. The quantitative estimate of drug-likeness (QED) is 0.793. The van der Waals surface area contributed by atoms with Crippen molar-refractivity contribution in [2.24, 2.45) is 11.7 Å². The highest BCUT2D eigenvalue weighted by molar-refractivity contribution is 5.42. The van der Waals surface area contributed by atoms with Crippen LogP contribution in [0.15, 0.2) is 18.2 Å². The van der Waals surface area contributed by atoms with Crippen molar-refractivity contribution >= 4 is 0 Å². The molecule has 0 bridgehead atoms. The van der Waals surface area contributed by atoms with Crippen LogP contribution in [0.1, 0.15) is 31.4 Å². The SMILES string of the molecule is CCN(CC1CC1)C(CN)c1ccc(OC)cc1OC. The minimum absolute atomic E-state index is 0.210. The molecule has 1 aromatic carbocycles. The van der Waals surface area contributed by atoms with Crippen LogP contribution in [0.5, 0.6) is 11.5 Å². The van der Waals surface area contributed by atoms with Gasteiger partial charge in [-0.1, -0.05) is 13.0 Å². The fourth-order valence-electron chi connectivity index (χ4n) is 2.68. The Bertz CT molecular complexity index is 432. The van der Waals surface area contributed by atoms with E-state index in [-0.39, 0.29) is 6.04 Å². The van der Waals surface area contributed by atoms with E-state index < -0.39 is 0 Å². The molecular weight excluding hydrogens is 252 g/mol. The first kappa shape index (κ1) is 15.1. The molecule has 0 heterocycles. The molecule has 1 unspecified atom stereocenters. The van der Waals surface area contributed by atoms with Crippen molar-refractivity contribution in [2.75, 3.05) is 33.9 Å². The van der Waals surface area contributed by atoms with Crippen LogP contribution in [-0.4, -0.2) is 38.8 Å². The van der Waals surface area contributed by atoms with E-state index in [1.54, 1.807) is 14.2 Å². The molecule has 112 valence electrons. The molecule has 2 N–H and O–H groups in total. The normalized spacial score (nSPS) is 16.2. The lowest BCUT2D eigenvalue weighted by Crippen LogP contribution is -2.35. The molecule has 1 aliphatic rings. The molecule has 0 saturated heterocycles. The van der Waals surface area contributed by atoms with Gasteiger partial charge in [0, 0.05) is 24.7 Å². The highest BCUT2D eigenvalue weighted by Gasteiger charge is 2.28. The summed E-state index contributed by atoms with van der Waals surface area (Å²) in [5.74, 6) is 2.52. The number of nitrogens with zero attached hydrogens (tertiary/aromatic N) is 1. The molecule has 0 spiro atoms.